The van der Waals surface area contributed by atoms with Gasteiger partial charge in [0.1, 0.15) is 5.82 Å². The molecule has 2 aromatic rings. The summed E-state index contributed by atoms with van der Waals surface area (Å²) in [5, 5.41) is 13.7. The third-order valence-corrected chi connectivity index (χ3v) is 4.00. The van der Waals surface area contributed by atoms with E-state index in [-0.39, 0.29) is 12.5 Å². The minimum absolute atomic E-state index is 0.0246. The number of aryl methyl sites for hydroxylation is 1. The van der Waals surface area contributed by atoms with Crippen LogP contribution >= 0.6 is 0 Å². The Morgan fingerprint density at radius 1 is 1.22 bits per heavy atom. The van der Waals surface area contributed by atoms with Gasteiger partial charge in [0.25, 0.3) is 0 Å². The molecule has 0 saturated carbocycles. The number of carbonyl (C=O) groups is 1. The topological polar surface area (TPSA) is 84.1 Å². The number of nitrogens with zero attached hydrogens (tertiary/aromatic N) is 5. The van der Waals surface area contributed by atoms with Crippen LogP contribution in [0.25, 0.3) is 11.4 Å². The van der Waals surface area contributed by atoms with Crippen molar-refractivity contribution in [3.8, 4) is 11.4 Å². The maximum Gasteiger partial charge on any atom is 0.222 e. The Bertz CT molecular complexity index is 656. The van der Waals surface area contributed by atoms with E-state index in [4.69, 9.17) is 0 Å². The highest BCUT2D eigenvalue weighted by Gasteiger charge is 2.19. The van der Waals surface area contributed by atoms with Crippen molar-refractivity contribution >= 4 is 5.91 Å². The molecular weight excluding hydrogens is 294 g/mol. The van der Waals surface area contributed by atoms with E-state index < -0.39 is 0 Å². The van der Waals surface area contributed by atoms with Gasteiger partial charge in [0.05, 0.1) is 13.2 Å². The lowest BCUT2D eigenvalue weighted by Crippen LogP contribution is -2.26. The SMILES string of the molecule is O=C1CCCN1CCCc1nc(-c2ccncc2)nn1CCO. The number of rotatable bonds is 7. The Morgan fingerprint density at radius 2 is 2.04 bits per heavy atom. The fourth-order valence-corrected chi connectivity index (χ4v) is 2.82. The lowest BCUT2D eigenvalue weighted by Gasteiger charge is -2.14. The molecule has 1 aliphatic rings. The fraction of sp³-hybridized carbons (Fsp3) is 0.500. The first-order valence-corrected chi connectivity index (χ1v) is 8.00. The van der Waals surface area contributed by atoms with Gasteiger partial charge in [-0.05, 0) is 25.0 Å². The summed E-state index contributed by atoms with van der Waals surface area (Å²) in [4.78, 5) is 22.1. The summed E-state index contributed by atoms with van der Waals surface area (Å²) in [6, 6.07) is 3.73. The summed E-state index contributed by atoms with van der Waals surface area (Å²) in [7, 11) is 0. The second-order valence-electron chi connectivity index (χ2n) is 5.62. The number of aromatic nitrogens is 4. The van der Waals surface area contributed by atoms with Crippen molar-refractivity contribution in [1.29, 1.82) is 0 Å². The van der Waals surface area contributed by atoms with Gasteiger partial charge in [0.2, 0.25) is 5.91 Å². The summed E-state index contributed by atoms with van der Waals surface area (Å²) in [5.74, 6) is 1.74. The van der Waals surface area contributed by atoms with Crippen LogP contribution in [0.2, 0.25) is 0 Å². The quantitative estimate of drug-likeness (QED) is 0.820. The Labute approximate surface area is 135 Å². The van der Waals surface area contributed by atoms with E-state index in [1.807, 2.05) is 17.0 Å². The average Bonchev–Trinajstić information content (AvgIpc) is 3.16. The minimum Gasteiger partial charge on any atom is -0.394 e. The number of hydrogen-bond donors (Lipinski definition) is 1. The Kier molecular flexibility index (Phi) is 4.97. The third-order valence-electron chi connectivity index (χ3n) is 4.00. The summed E-state index contributed by atoms with van der Waals surface area (Å²) in [5.41, 5.74) is 0.910. The fourth-order valence-electron chi connectivity index (χ4n) is 2.82. The first kappa shape index (κ1) is 15.6. The summed E-state index contributed by atoms with van der Waals surface area (Å²) in [6.07, 6.45) is 6.65. The molecule has 0 aliphatic carbocycles. The number of hydrogen-bond acceptors (Lipinski definition) is 5. The second kappa shape index (κ2) is 7.32. The van der Waals surface area contributed by atoms with Crippen molar-refractivity contribution in [2.45, 2.75) is 32.2 Å². The number of aliphatic hydroxyl groups is 1. The predicted octanol–water partition coefficient (Wildman–Crippen LogP) is 0.887. The Hall–Kier alpha value is -2.28. The molecule has 1 amide bonds. The van der Waals surface area contributed by atoms with Gasteiger partial charge in [-0.2, -0.15) is 5.10 Å². The van der Waals surface area contributed by atoms with Crippen LogP contribution in [0.1, 0.15) is 25.1 Å². The van der Waals surface area contributed by atoms with Gasteiger partial charge in [0.15, 0.2) is 5.82 Å². The van der Waals surface area contributed by atoms with Crippen molar-refractivity contribution < 1.29 is 9.90 Å². The number of pyridine rings is 1. The molecule has 1 saturated heterocycles. The monoisotopic (exact) mass is 315 g/mol. The molecule has 0 unspecified atom stereocenters. The number of amides is 1. The predicted molar refractivity (Wildman–Crippen MR) is 84.5 cm³/mol. The van der Waals surface area contributed by atoms with E-state index >= 15 is 0 Å². The van der Waals surface area contributed by atoms with Gasteiger partial charge in [0, 0.05) is 43.9 Å². The molecule has 1 aliphatic heterocycles. The minimum atomic E-state index is 0.0246. The molecule has 0 bridgehead atoms. The first-order chi connectivity index (χ1) is 11.3. The third kappa shape index (κ3) is 3.73. The van der Waals surface area contributed by atoms with Crippen LogP contribution in [0.15, 0.2) is 24.5 Å². The highest BCUT2D eigenvalue weighted by molar-refractivity contribution is 5.77. The molecule has 3 rings (SSSR count). The highest BCUT2D eigenvalue weighted by atomic mass is 16.3. The smallest absolute Gasteiger partial charge is 0.222 e. The molecule has 1 N–H and O–H groups in total. The number of aliphatic hydroxyl groups excluding tert-OH is 1. The van der Waals surface area contributed by atoms with Gasteiger partial charge >= 0.3 is 0 Å². The second-order valence-corrected chi connectivity index (χ2v) is 5.62. The average molecular weight is 315 g/mol. The largest absolute Gasteiger partial charge is 0.394 e. The molecular formula is C16H21N5O2. The van der Waals surface area contributed by atoms with Crippen LogP contribution in [0.4, 0.5) is 0 Å². The molecule has 122 valence electrons. The maximum absolute atomic E-state index is 11.6. The van der Waals surface area contributed by atoms with E-state index in [1.54, 1.807) is 17.1 Å². The summed E-state index contributed by atoms with van der Waals surface area (Å²) in [6.45, 7) is 2.08. The molecule has 23 heavy (non-hydrogen) atoms. The van der Waals surface area contributed by atoms with Gasteiger partial charge in [-0.25, -0.2) is 9.67 Å². The van der Waals surface area contributed by atoms with Gasteiger partial charge in [-0.1, -0.05) is 0 Å². The maximum atomic E-state index is 11.6. The van der Waals surface area contributed by atoms with Crippen LogP contribution in [0.3, 0.4) is 0 Å². The van der Waals surface area contributed by atoms with Crippen molar-refractivity contribution in [1.82, 2.24) is 24.6 Å². The normalized spacial score (nSPS) is 14.7. The van der Waals surface area contributed by atoms with Crippen LogP contribution in [0.5, 0.6) is 0 Å². The Balaban J connectivity index is 1.67. The lowest BCUT2D eigenvalue weighted by molar-refractivity contribution is -0.127. The van der Waals surface area contributed by atoms with Crippen LogP contribution in [0, 0.1) is 0 Å². The molecule has 3 heterocycles. The van der Waals surface area contributed by atoms with Crippen molar-refractivity contribution in [3.05, 3.63) is 30.4 Å². The molecule has 7 heteroatoms. The van der Waals surface area contributed by atoms with Gasteiger partial charge < -0.3 is 10.0 Å². The van der Waals surface area contributed by atoms with E-state index in [9.17, 15) is 9.90 Å². The van der Waals surface area contributed by atoms with Gasteiger partial charge in [-0.3, -0.25) is 9.78 Å². The number of carbonyl (C=O) groups excluding carboxylic acids is 1. The van der Waals surface area contributed by atoms with Crippen molar-refractivity contribution in [3.63, 3.8) is 0 Å². The van der Waals surface area contributed by atoms with Crippen molar-refractivity contribution in [2.24, 2.45) is 0 Å². The molecule has 0 atom stereocenters. The van der Waals surface area contributed by atoms with E-state index in [0.717, 1.165) is 43.7 Å². The summed E-state index contributed by atoms with van der Waals surface area (Å²) < 4.78 is 1.75. The molecule has 7 nitrogen and oxygen atoms in total. The van der Waals surface area contributed by atoms with Crippen LogP contribution < -0.4 is 0 Å². The van der Waals surface area contributed by atoms with E-state index in [0.29, 0.717) is 18.8 Å². The van der Waals surface area contributed by atoms with Crippen LogP contribution in [-0.2, 0) is 17.8 Å². The highest BCUT2D eigenvalue weighted by Crippen LogP contribution is 2.16. The molecule has 0 radical (unpaired) electrons. The molecule has 0 spiro atoms. The van der Waals surface area contributed by atoms with E-state index in [1.165, 1.54) is 0 Å². The van der Waals surface area contributed by atoms with Crippen molar-refractivity contribution in [2.75, 3.05) is 19.7 Å². The Morgan fingerprint density at radius 3 is 2.74 bits per heavy atom. The standard InChI is InChI=1S/C16H21N5O2/c22-12-11-21-14(3-1-9-20-10-2-4-15(20)23)18-16(19-21)13-5-7-17-8-6-13/h5-8,22H,1-4,9-12H2. The first-order valence-electron chi connectivity index (χ1n) is 8.00. The van der Waals surface area contributed by atoms with E-state index in [2.05, 4.69) is 15.1 Å². The van der Waals surface area contributed by atoms with Gasteiger partial charge in [-0.15, -0.1) is 0 Å². The lowest BCUT2D eigenvalue weighted by atomic mass is 10.2. The number of likely N-dealkylation sites (tertiary alicyclic amines) is 1. The zero-order valence-electron chi connectivity index (χ0n) is 13.1. The zero-order chi connectivity index (χ0) is 16.1. The summed E-state index contributed by atoms with van der Waals surface area (Å²) >= 11 is 0. The molecule has 1 fully saturated rings. The molecule has 0 aromatic carbocycles. The zero-order valence-corrected chi connectivity index (χ0v) is 13.1. The molecule has 2 aromatic heterocycles. The van der Waals surface area contributed by atoms with Crippen LogP contribution in [-0.4, -0.2) is 55.4 Å².